The number of halogens is 3. The fourth-order valence-corrected chi connectivity index (χ4v) is 3.48. The smallest absolute Gasteiger partial charge is 0.417 e. The number of para-hydroxylation sites is 2. The first-order valence-corrected chi connectivity index (χ1v) is 8.74. The molecule has 140 valence electrons. The zero-order valence-electron chi connectivity index (χ0n) is 14.4. The van der Waals surface area contributed by atoms with Crippen molar-refractivity contribution in [3.05, 3.63) is 65.5 Å². The lowest BCUT2D eigenvalue weighted by atomic mass is 9.95. The zero-order valence-corrected chi connectivity index (χ0v) is 14.4. The number of oxazole rings is 1. The second kappa shape index (κ2) is 6.72. The third-order valence-electron chi connectivity index (χ3n) is 4.90. The molecule has 1 saturated heterocycles. The van der Waals surface area contributed by atoms with E-state index >= 15 is 0 Å². The summed E-state index contributed by atoms with van der Waals surface area (Å²) in [5.41, 5.74) is 0.302. The Hall–Kier alpha value is -2.83. The number of amides is 1. The van der Waals surface area contributed by atoms with Crippen molar-refractivity contribution < 1.29 is 22.4 Å². The topological polar surface area (TPSA) is 46.3 Å². The maximum Gasteiger partial charge on any atom is 0.417 e. The molecule has 0 aliphatic carbocycles. The summed E-state index contributed by atoms with van der Waals surface area (Å²) in [5.74, 6) is 0.0947. The molecule has 1 aliphatic rings. The molecule has 2 heterocycles. The molecule has 1 aromatic heterocycles. The fraction of sp³-hybridized carbons (Fsp3) is 0.300. The highest BCUT2D eigenvalue weighted by Gasteiger charge is 2.36. The van der Waals surface area contributed by atoms with Crippen LogP contribution in [0.5, 0.6) is 0 Å². The molecule has 3 aromatic rings. The molecule has 0 unspecified atom stereocenters. The number of hydrogen-bond donors (Lipinski definition) is 0. The van der Waals surface area contributed by atoms with Crippen LogP contribution in [0.15, 0.2) is 52.9 Å². The molecule has 4 rings (SSSR count). The van der Waals surface area contributed by atoms with Gasteiger partial charge in [-0.05, 0) is 37.1 Å². The van der Waals surface area contributed by atoms with Gasteiger partial charge in [0.1, 0.15) is 5.52 Å². The number of piperidine rings is 1. The Morgan fingerprint density at radius 2 is 1.70 bits per heavy atom. The highest BCUT2D eigenvalue weighted by molar-refractivity contribution is 5.96. The average Bonchev–Trinajstić information content (AvgIpc) is 3.11. The summed E-state index contributed by atoms with van der Waals surface area (Å²) in [5, 5.41) is 0. The minimum Gasteiger partial charge on any atom is -0.440 e. The highest BCUT2D eigenvalue weighted by Crippen LogP contribution is 2.34. The van der Waals surface area contributed by atoms with Crippen molar-refractivity contribution in [1.82, 2.24) is 9.88 Å². The van der Waals surface area contributed by atoms with Crippen LogP contribution in [-0.2, 0) is 6.18 Å². The van der Waals surface area contributed by atoms with Gasteiger partial charge in [-0.1, -0.05) is 24.3 Å². The third-order valence-corrected chi connectivity index (χ3v) is 4.90. The van der Waals surface area contributed by atoms with E-state index < -0.39 is 17.6 Å². The first-order valence-electron chi connectivity index (χ1n) is 8.74. The van der Waals surface area contributed by atoms with E-state index in [0.29, 0.717) is 37.4 Å². The van der Waals surface area contributed by atoms with Gasteiger partial charge in [-0.3, -0.25) is 4.79 Å². The minimum atomic E-state index is -4.55. The van der Waals surface area contributed by atoms with Crippen molar-refractivity contribution in [2.45, 2.75) is 24.9 Å². The molecule has 1 fully saturated rings. The van der Waals surface area contributed by atoms with Crippen molar-refractivity contribution in [1.29, 1.82) is 0 Å². The molecule has 27 heavy (non-hydrogen) atoms. The summed E-state index contributed by atoms with van der Waals surface area (Å²) < 4.78 is 45.3. The Morgan fingerprint density at radius 1 is 1.04 bits per heavy atom. The van der Waals surface area contributed by atoms with Crippen LogP contribution in [0.3, 0.4) is 0 Å². The first kappa shape index (κ1) is 17.6. The molecule has 4 nitrogen and oxygen atoms in total. The molecule has 2 aromatic carbocycles. The molecule has 0 radical (unpaired) electrons. The monoisotopic (exact) mass is 374 g/mol. The maximum absolute atomic E-state index is 13.2. The van der Waals surface area contributed by atoms with Gasteiger partial charge in [0.05, 0.1) is 11.1 Å². The molecule has 1 aliphatic heterocycles. The molecule has 0 N–H and O–H groups in total. The van der Waals surface area contributed by atoms with E-state index in [1.807, 2.05) is 24.3 Å². The van der Waals surface area contributed by atoms with Gasteiger partial charge in [-0.25, -0.2) is 4.98 Å². The van der Waals surface area contributed by atoms with Crippen LogP contribution in [0.1, 0.15) is 40.6 Å². The highest BCUT2D eigenvalue weighted by atomic mass is 19.4. The lowest BCUT2D eigenvalue weighted by Gasteiger charge is -2.31. The number of hydrogen-bond acceptors (Lipinski definition) is 3. The third kappa shape index (κ3) is 3.41. The summed E-state index contributed by atoms with van der Waals surface area (Å²) >= 11 is 0. The van der Waals surface area contributed by atoms with Gasteiger partial charge < -0.3 is 9.32 Å². The number of benzene rings is 2. The van der Waals surface area contributed by atoms with E-state index in [-0.39, 0.29) is 11.5 Å². The van der Waals surface area contributed by atoms with Crippen molar-refractivity contribution in [3.8, 4) is 0 Å². The van der Waals surface area contributed by atoms with E-state index in [4.69, 9.17) is 4.42 Å². The SMILES string of the molecule is O=C(c1ccccc1C(F)(F)F)N1CCC(c2nc3ccccc3o2)CC1. The van der Waals surface area contributed by atoms with Gasteiger partial charge in [-0.15, -0.1) is 0 Å². The molecular weight excluding hydrogens is 357 g/mol. The lowest BCUT2D eigenvalue weighted by Crippen LogP contribution is -2.38. The maximum atomic E-state index is 13.2. The van der Waals surface area contributed by atoms with E-state index in [2.05, 4.69) is 4.98 Å². The number of nitrogens with zero attached hydrogens (tertiary/aromatic N) is 2. The Kier molecular flexibility index (Phi) is 4.37. The fourth-order valence-electron chi connectivity index (χ4n) is 3.48. The van der Waals surface area contributed by atoms with Crippen molar-refractivity contribution >= 4 is 17.0 Å². The lowest BCUT2D eigenvalue weighted by molar-refractivity contribution is -0.138. The second-order valence-corrected chi connectivity index (χ2v) is 6.63. The van der Waals surface area contributed by atoms with E-state index in [0.717, 1.165) is 11.6 Å². The first-order chi connectivity index (χ1) is 12.9. The molecule has 0 saturated carbocycles. The molecule has 1 amide bonds. The van der Waals surface area contributed by atoms with Crippen molar-refractivity contribution in [2.24, 2.45) is 0 Å². The number of rotatable bonds is 2. The number of carbonyl (C=O) groups excluding carboxylic acids is 1. The summed E-state index contributed by atoms with van der Waals surface area (Å²) in [6.45, 7) is 0.739. The summed E-state index contributed by atoms with van der Waals surface area (Å²) in [6, 6.07) is 12.4. The Bertz CT molecular complexity index is 940. The number of fused-ring (bicyclic) bond motifs is 1. The summed E-state index contributed by atoms with van der Waals surface area (Å²) in [7, 11) is 0. The summed E-state index contributed by atoms with van der Waals surface area (Å²) in [6.07, 6.45) is -3.34. The average molecular weight is 374 g/mol. The predicted octanol–water partition coefficient (Wildman–Crippen LogP) is 4.87. The van der Waals surface area contributed by atoms with Crippen molar-refractivity contribution in [2.75, 3.05) is 13.1 Å². The van der Waals surface area contributed by atoms with Gasteiger partial charge in [0.15, 0.2) is 11.5 Å². The Morgan fingerprint density at radius 3 is 2.41 bits per heavy atom. The number of likely N-dealkylation sites (tertiary alicyclic amines) is 1. The van der Waals surface area contributed by atoms with Crippen LogP contribution in [0.25, 0.3) is 11.1 Å². The Labute approximate surface area is 153 Å². The number of aromatic nitrogens is 1. The molecule has 0 bridgehead atoms. The van der Waals surface area contributed by atoms with E-state index in [1.165, 1.54) is 23.1 Å². The van der Waals surface area contributed by atoms with Crippen LogP contribution < -0.4 is 0 Å². The van der Waals surface area contributed by atoms with Gasteiger partial charge in [0.2, 0.25) is 0 Å². The van der Waals surface area contributed by atoms with Crippen LogP contribution in [-0.4, -0.2) is 28.9 Å². The number of alkyl halides is 3. The standard InChI is InChI=1S/C20H17F3N2O2/c21-20(22,23)15-6-2-1-5-14(15)19(26)25-11-9-13(10-12-25)18-24-16-7-3-4-8-17(16)27-18/h1-8,13H,9-12H2. The predicted molar refractivity (Wildman–Crippen MR) is 93.3 cm³/mol. The van der Waals surface area contributed by atoms with Crippen LogP contribution in [0.4, 0.5) is 13.2 Å². The summed E-state index contributed by atoms with van der Waals surface area (Å²) in [4.78, 5) is 18.6. The quantitative estimate of drug-likeness (QED) is 0.643. The van der Waals surface area contributed by atoms with Gasteiger partial charge >= 0.3 is 6.18 Å². The number of carbonyl (C=O) groups is 1. The van der Waals surface area contributed by atoms with E-state index in [1.54, 1.807) is 0 Å². The molecule has 0 spiro atoms. The minimum absolute atomic E-state index is 0.0549. The van der Waals surface area contributed by atoms with Gasteiger partial charge in [0.25, 0.3) is 5.91 Å². The van der Waals surface area contributed by atoms with Crippen LogP contribution in [0.2, 0.25) is 0 Å². The van der Waals surface area contributed by atoms with Gasteiger partial charge in [0, 0.05) is 19.0 Å². The molecular formula is C20H17F3N2O2. The molecule has 0 atom stereocenters. The largest absolute Gasteiger partial charge is 0.440 e. The van der Waals surface area contributed by atoms with E-state index in [9.17, 15) is 18.0 Å². The second-order valence-electron chi connectivity index (χ2n) is 6.63. The zero-order chi connectivity index (χ0) is 19.0. The Balaban J connectivity index is 1.49. The van der Waals surface area contributed by atoms with Gasteiger partial charge in [-0.2, -0.15) is 13.2 Å². The normalized spacial score (nSPS) is 16.0. The molecule has 7 heteroatoms. The van der Waals surface area contributed by atoms with Crippen LogP contribution in [0, 0.1) is 0 Å². The van der Waals surface area contributed by atoms with Crippen LogP contribution >= 0.6 is 0 Å². The van der Waals surface area contributed by atoms with Crippen molar-refractivity contribution in [3.63, 3.8) is 0 Å².